The minimum atomic E-state index is -0.603. The largest absolute Gasteiger partial charge is 0.481 e. The Kier molecular flexibility index (Phi) is 12.1. The molecule has 0 fully saturated rings. The number of nitrogens with zero attached hydrogens (tertiary/aromatic N) is 2. The van der Waals surface area contributed by atoms with Crippen LogP contribution in [-0.2, 0) is 42.9 Å². The molecular weight excluding hydrogens is 889 g/mol. The van der Waals surface area contributed by atoms with Gasteiger partial charge in [0.05, 0.1) is 10.8 Å². The summed E-state index contributed by atoms with van der Waals surface area (Å²) >= 11 is 0. The average Bonchev–Trinajstić information content (AvgIpc) is 3.69. The molecule has 0 N–H and O–H groups in total. The van der Waals surface area contributed by atoms with Crippen LogP contribution in [0.5, 0.6) is 11.5 Å². The number of aryl methyl sites for hydroxylation is 4. The number of hydrogen-bond donors (Lipinski definition) is 0. The summed E-state index contributed by atoms with van der Waals surface area (Å²) in [5.41, 5.74) is 16.2. The fourth-order valence-corrected chi connectivity index (χ4v) is 12.0. The van der Waals surface area contributed by atoms with Crippen molar-refractivity contribution in [3.05, 3.63) is 285 Å². The van der Waals surface area contributed by atoms with Crippen molar-refractivity contribution >= 4 is 21.5 Å². The molecule has 352 valence electrons. The second kappa shape index (κ2) is 19.5. The molecular formula is C69H54N2O2. The highest BCUT2D eigenvalue weighted by molar-refractivity contribution is 5.87. The van der Waals surface area contributed by atoms with Gasteiger partial charge in [-0.2, -0.15) is 0 Å². The summed E-state index contributed by atoms with van der Waals surface area (Å²) in [6.07, 6.45) is 8.28. The highest BCUT2D eigenvalue weighted by Crippen LogP contribution is 2.52. The van der Waals surface area contributed by atoms with E-state index in [-0.39, 0.29) is 0 Å². The van der Waals surface area contributed by atoms with Gasteiger partial charge in [-0.05, 0) is 183 Å². The Morgan fingerprint density at radius 2 is 0.795 bits per heavy atom. The molecule has 12 rings (SSSR count). The van der Waals surface area contributed by atoms with E-state index in [1.165, 1.54) is 66.8 Å². The standard InChI is InChI=1S/C69H54N2O2/c1-3-5-41-72-60-35-25-52-44-58(33-23-54(52)46-60)68(62-15-9-7-13-50(62)27-37-66-64(68)17-11-39-70-66)56-29-19-48(20-30-56)43-49-21-31-57(32-22-49)69(59-34-24-55-47-61(73-42-6-4-2)36-26-53(55)45-59)63-16-10-8-14-51(63)28-38-67-65(69)18-12-40-71-67/h7-26,29-36,39-40,44-47H,27-28,37-38,41-43H2,1-2H3. The lowest BCUT2D eigenvalue weighted by molar-refractivity contribution is 0.370. The van der Waals surface area contributed by atoms with Crippen molar-refractivity contribution in [2.24, 2.45) is 0 Å². The van der Waals surface area contributed by atoms with Gasteiger partial charge in [-0.3, -0.25) is 9.97 Å². The lowest BCUT2D eigenvalue weighted by Gasteiger charge is -2.38. The van der Waals surface area contributed by atoms with Gasteiger partial charge in [0, 0.05) is 23.8 Å². The quantitative estimate of drug-likeness (QED) is 0.128. The minimum Gasteiger partial charge on any atom is -0.481 e. The van der Waals surface area contributed by atoms with E-state index in [4.69, 9.17) is 19.4 Å². The third kappa shape index (κ3) is 8.11. The molecule has 8 aromatic carbocycles. The van der Waals surface area contributed by atoms with Gasteiger partial charge in [-0.15, -0.1) is 11.8 Å². The lowest BCUT2D eigenvalue weighted by Crippen LogP contribution is -2.32. The van der Waals surface area contributed by atoms with Crippen LogP contribution in [0.2, 0.25) is 0 Å². The molecule has 2 unspecified atom stereocenters. The summed E-state index contributed by atoms with van der Waals surface area (Å²) in [5.74, 6) is 13.5. The third-order valence-electron chi connectivity index (χ3n) is 15.3. The van der Waals surface area contributed by atoms with E-state index in [1.54, 1.807) is 0 Å². The van der Waals surface area contributed by atoms with Crippen LogP contribution in [0, 0.1) is 23.7 Å². The Balaban J connectivity index is 0.943. The van der Waals surface area contributed by atoms with Crippen LogP contribution in [0.25, 0.3) is 21.5 Å². The predicted molar refractivity (Wildman–Crippen MR) is 296 cm³/mol. The molecule has 0 aliphatic heterocycles. The maximum atomic E-state index is 5.98. The second-order valence-corrected chi connectivity index (χ2v) is 19.3. The average molecular weight is 943 g/mol. The Bertz CT molecular complexity index is 3480. The van der Waals surface area contributed by atoms with Gasteiger partial charge in [0.25, 0.3) is 0 Å². The smallest absolute Gasteiger partial charge is 0.149 e. The molecule has 4 nitrogen and oxygen atoms in total. The van der Waals surface area contributed by atoms with Gasteiger partial charge >= 0.3 is 0 Å². The van der Waals surface area contributed by atoms with Crippen molar-refractivity contribution in [2.75, 3.05) is 13.2 Å². The van der Waals surface area contributed by atoms with Crippen LogP contribution in [0.3, 0.4) is 0 Å². The normalized spacial score (nSPS) is 16.5. The molecule has 2 aliphatic rings. The van der Waals surface area contributed by atoms with Gasteiger partial charge in [0.1, 0.15) is 24.7 Å². The lowest BCUT2D eigenvalue weighted by atomic mass is 9.64. The molecule has 4 heteroatoms. The van der Waals surface area contributed by atoms with Crippen LogP contribution in [0.15, 0.2) is 207 Å². The highest BCUT2D eigenvalue weighted by atomic mass is 16.5. The molecule has 2 heterocycles. The molecule has 0 saturated carbocycles. The van der Waals surface area contributed by atoms with E-state index in [1.807, 2.05) is 26.2 Å². The zero-order valence-corrected chi connectivity index (χ0v) is 41.3. The summed E-state index contributed by atoms with van der Waals surface area (Å²) < 4.78 is 12.0. The van der Waals surface area contributed by atoms with Crippen molar-refractivity contribution in [3.63, 3.8) is 0 Å². The van der Waals surface area contributed by atoms with Gasteiger partial charge in [-0.1, -0.05) is 157 Å². The van der Waals surface area contributed by atoms with Gasteiger partial charge in [0.15, 0.2) is 0 Å². The molecule has 2 atom stereocenters. The highest BCUT2D eigenvalue weighted by Gasteiger charge is 2.45. The molecule has 0 spiro atoms. The van der Waals surface area contributed by atoms with E-state index in [0.717, 1.165) is 76.5 Å². The third-order valence-corrected chi connectivity index (χ3v) is 15.3. The summed E-state index contributed by atoms with van der Waals surface area (Å²) in [6.45, 7) is 4.41. The van der Waals surface area contributed by atoms with Crippen LogP contribution in [0.4, 0.5) is 0 Å². The fourth-order valence-electron chi connectivity index (χ4n) is 12.0. The monoisotopic (exact) mass is 942 g/mol. The van der Waals surface area contributed by atoms with E-state index >= 15 is 0 Å². The first-order chi connectivity index (χ1) is 36.1. The molecule has 0 radical (unpaired) electrons. The second-order valence-electron chi connectivity index (χ2n) is 19.3. The van der Waals surface area contributed by atoms with Crippen LogP contribution >= 0.6 is 0 Å². The summed E-state index contributed by atoms with van der Waals surface area (Å²) in [5, 5.41) is 4.57. The van der Waals surface area contributed by atoms with E-state index in [2.05, 4.69) is 218 Å². The number of pyridine rings is 2. The van der Waals surface area contributed by atoms with Gasteiger partial charge < -0.3 is 9.47 Å². The zero-order valence-electron chi connectivity index (χ0n) is 41.3. The summed E-state index contributed by atoms with van der Waals surface area (Å²) in [6, 6.07) is 72.3. The number of fused-ring (bicyclic) bond motifs is 6. The Labute approximate surface area is 428 Å². The number of ether oxygens (including phenoxy) is 2. The Morgan fingerprint density at radius 3 is 1.25 bits per heavy atom. The number of benzene rings is 8. The van der Waals surface area contributed by atoms with Crippen molar-refractivity contribution in [1.82, 2.24) is 9.97 Å². The van der Waals surface area contributed by atoms with Crippen molar-refractivity contribution in [3.8, 4) is 35.2 Å². The first kappa shape index (κ1) is 45.4. The topological polar surface area (TPSA) is 44.2 Å². The first-order valence-electron chi connectivity index (χ1n) is 25.4. The number of rotatable bonds is 10. The van der Waals surface area contributed by atoms with Gasteiger partial charge in [-0.25, -0.2) is 0 Å². The van der Waals surface area contributed by atoms with E-state index in [0.29, 0.717) is 13.2 Å². The minimum absolute atomic E-state index is 0.369. The molecule has 0 amide bonds. The van der Waals surface area contributed by atoms with Crippen LogP contribution < -0.4 is 9.47 Å². The first-order valence-corrected chi connectivity index (χ1v) is 25.4. The molecule has 0 bridgehead atoms. The van der Waals surface area contributed by atoms with Crippen molar-refractivity contribution in [1.29, 1.82) is 0 Å². The van der Waals surface area contributed by atoms with Crippen LogP contribution in [-0.4, -0.2) is 23.2 Å². The van der Waals surface area contributed by atoms with E-state index in [9.17, 15) is 0 Å². The summed E-state index contributed by atoms with van der Waals surface area (Å²) in [4.78, 5) is 10.2. The zero-order chi connectivity index (χ0) is 49.2. The molecule has 73 heavy (non-hydrogen) atoms. The van der Waals surface area contributed by atoms with Gasteiger partial charge in [0.2, 0.25) is 0 Å². The van der Waals surface area contributed by atoms with Crippen LogP contribution in [0.1, 0.15) is 92.0 Å². The number of aromatic nitrogens is 2. The van der Waals surface area contributed by atoms with E-state index < -0.39 is 10.8 Å². The Morgan fingerprint density at radius 1 is 0.397 bits per heavy atom. The van der Waals surface area contributed by atoms with Crippen molar-refractivity contribution < 1.29 is 9.47 Å². The molecule has 2 aliphatic carbocycles. The Hall–Kier alpha value is -8.70. The molecule has 10 aromatic rings. The maximum absolute atomic E-state index is 5.98. The molecule has 0 saturated heterocycles. The summed E-state index contributed by atoms with van der Waals surface area (Å²) in [7, 11) is 0. The van der Waals surface area contributed by atoms with Crippen molar-refractivity contribution in [2.45, 2.75) is 56.8 Å². The number of hydrogen-bond acceptors (Lipinski definition) is 4. The SMILES string of the molecule is CC#CCOc1ccc2cc(C3(c4ccc(Cc5ccc(C6(c7ccc8cc(OCC#CC)ccc8c7)c7ccccc7CCc7ncccc76)cc5)cc4)c4ccccc4CCc4ncccc43)ccc2c1. The molecule has 2 aromatic heterocycles. The predicted octanol–water partition coefficient (Wildman–Crippen LogP) is 14.1. The maximum Gasteiger partial charge on any atom is 0.149 e. The fraction of sp³-hybridized carbons (Fsp3) is 0.159.